The predicted molar refractivity (Wildman–Crippen MR) is 81.6 cm³/mol. The van der Waals surface area contributed by atoms with E-state index in [0.29, 0.717) is 0 Å². The summed E-state index contributed by atoms with van der Waals surface area (Å²) in [6.07, 6.45) is 1.85. The van der Waals surface area contributed by atoms with Gasteiger partial charge < -0.3 is 15.5 Å². The zero-order chi connectivity index (χ0) is 12.3. The van der Waals surface area contributed by atoms with Gasteiger partial charge >= 0.3 is 0 Å². The van der Waals surface area contributed by atoms with Gasteiger partial charge in [0.1, 0.15) is 11.5 Å². The lowest BCUT2D eigenvalue weighted by Gasteiger charge is -2.33. The van der Waals surface area contributed by atoms with Crippen molar-refractivity contribution in [3.05, 3.63) is 36.4 Å². The number of benzene rings is 1. The average molecular weight is 307 g/mol. The topological polar surface area (TPSA) is 55.7 Å². The highest BCUT2D eigenvalue weighted by molar-refractivity contribution is 5.85. The molecule has 0 radical (unpaired) electrons. The first kappa shape index (κ1) is 18.1. The Morgan fingerprint density at radius 2 is 1.63 bits per heavy atom. The maximum Gasteiger partial charge on any atom is 0.119 e. The second-order valence-electron chi connectivity index (χ2n) is 4.25. The van der Waals surface area contributed by atoms with Crippen LogP contribution in [0.15, 0.2) is 30.9 Å². The fraction of sp³-hybridized carbons (Fsp3) is 0.385. The molecule has 6 heteroatoms. The molecule has 0 saturated carbocycles. The molecule has 1 aromatic rings. The minimum atomic E-state index is 0. The SMILES string of the molecule is C=C[C@H](c1cc(O)cc(O)c1)N1CCNCC1.Cl.Cl. The molecule has 108 valence electrons. The van der Waals surface area contributed by atoms with Gasteiger partial charge in [0.2, 0.25) is 0 Å². The monoisotopic (exact) mass is 306 g/mol. The van der Waals surface area contributed by atoms with Crippen LogP contribution in [0.4, 0.5) is 0 Å². The third-order valence-electron chi connectivity index (χ3n) is 3.03. The van der Waals surface area contributed by atoms with Crippen molar-refractivity contribution in [1.29, 1.82) is 0 Å². The first-order chi connectivity index (χ1) is 8.20. The minimum absolute atomic E-state index is 0. The molecule has 1 aromatic carbocycles. The van der Waals surface area contributed by atoms with Crippen LogP contribution < -0.4 is 5.32 Å². The second kappa shape index (κ2) is 8.27. The van der Waals surface area contributed by atoms with Crippen LogP contribution in [0.25, 0.3) is 0 Å². The van der Waals surface area contributed by atoms with Crippen LogP contribution in [0, 0.1) is 0 Å². The Morgan fingerprint density at radius 1 is 1.11 bits per heavy atom. The summed E-state index contributed by atoms with van der Waals surface area (Å²) in [6.45, 7) is 7.63. The minimum Gasteiger partial charge on any atom is -0.508 e. The molecule has 2 rings (SSSR count). The summed E-state index contributed by atoms with van der Waals surface area (Å²) in [5, 5.41) is 22.3. The smallest absolute Gasteiger partial charge is 0.119 e. The van der Waals surface area contributed by atoms with E-state index in [0.717, 1.165) is 31.7 Å². The van der Waals surface area contributed by atoms with Gasteiger partial charge in [-0.25, -0.2) is 0 Å². The summed E-state index contributed by atoms with van der Waals surface area (Å²) < 4.78 is 0. The Labute approximate surface area is 125 Å². The molecule has 3 N–H and O–H groups in total. The number of aromatic hydroxyl groups is 2. The third-order valence-corrected chi connectivity index (χ3v) is 3.03. The summed E-state index contributed by atoms with van der Waals surface area (Å²) in [4.78, 5) is 2.28. The van der Waals surface area contributed by atoms with E-state index in [1.54, 1.807) is 12.1 Å². The number of piperazine rings is 1. The van der Waals surface area contributed by atoms with Crippen LogP contribution in [0.3, 0.4) is 0 Å². The standard InChI is InChI=1S/C13H18N2O2.2ClH/c1-2-13(15-5-3-14-4-6-15)10-7-11(16)9-12(17)8-10;;/h2,7-9,13-14,16-17H,1,3-6H2;2*1H/t13-;;/m1../s1. The lowest BCUT2D eigenvalue weighted by atomic mass is 10.0. The van der Waals surface area contributed by atoms with Crippen LogP contribution in [-0.4, -0.2) is 41.3 Å². The van der Waals surface area contributed by atoms with Gasteiger partial charge in [0.25, 0.3) is 0 Å². The lowest BCUT2D eigenvalue weighted by Crippen LogP contribution is -2.44. The van der Waals surface area contributed by atoms with E-state index in [9.17, 15) is 10.2 Å². The molecular weight excluding hydrogens is 287 g/mol. The van der Waals surface area contributed by atoms with Crippen molar-refractivity contribution in [1.82, 2.24) is 10.2 Å². The van der Waals surface area contributed by atoms with Crippen molar-refractivity contribution >= 4 is 24.8 Å². The van der Waals surface area contributed by atoms with Gasteiger partial charge in [-0.2, -0.15) is 0 Å². The zero-order valence-corrected chi connectivity index (χ0v) is 12.2. The van der Waals surface area contributed by atoms with Gasteiger partial charge in [0.15, 0.2) is 0 Å². The fourth-order valence-corrected chi connectivity index (χ4v) is 2.25. The Balaban J connectivity index is 0.00000162. The van der Waals surface area contributed by atoms with Gasteiger partial charge in [0.05, 0.1) is 6.04 Å². The highest BCUT2D eigenvalue weighted by atomic mass is 35.5. The number of halogens is 2. The molecule has 1 fully saturated rings. The van der Waals surface area contributed by atoms with Crippen LogP contribution in [0.5, 0.6) is 11.5 Å². The van der Waals surface area contributed by atoms with Gasteiger partial charge in [-0.15, -0.1) is 31.4 Å². The largest absolute Gasteiger partial charge is 0.508 e. The van der Waals surface area contributed by atoms with E-state index in [4.69, 9.17) is 0 Å². The molecule has 1 saturated heterocycles. The van der Waals surface area contributed by atoms with Crippen LogP contribution in [0.1, 0.15) is 11.6 Å². The van der Waals surface area contributed by atoms with Gasteiger partial charge in [0, 0.05) is 32.2 Å². The first-order valence-electron chi connectivity index (χ1n) is 5.81. The molecule has 0 aliphatic carbocycles. The van der Waals surface area contributed by atoms with Gasteiger partial charge in [-0.05, 0) is 17.7 Å². The molecule has 1 aliphatic heterocycles. The summed E-state index contributed by atoms with van der Waals surface area (Å²) in [5.74, 6) is 0.170. The summed E-state index contributed by atoms with van der Waals surface area (Å²) >= 11 is 0. The Kier molecular flexibility index (Phi) is 7.87. The van der Waals surface area contributed by atoms with Gasteiger partial charge in [-0.1, -0.05) is 6.08 Å². The Hall–Kier alpha value is -0.940. The lowest BCUT2D eigenvalue weighted by molar-refractivity contribution is 0.203. The fourth-order valence-electron chi connectivity index (χ4n) is 2.25. The van der Waals surface area contributed by atoms with Crippen LogP contribution >= 0.6 is 24.8 Å². The summed E-state index contributed by atoms with van der Waals surface area (Å²) in [7, 11) is 0. The molecule has 1 heterocycles. The van der Waals surface area contributed by atoms with Crippen molar-refractivity contribution in [2.24, 2.45) is 0 Å². The summed E-state index contributed by atoms with van der Waals surface area (Å²) in [5.41, 5.74) is 0.874. The Morgan fingerprint density at radius 3 is 2.11 bits per heavy atom. The second-order valence-corrected chi connectivity index (χ2v) is 4.25. The maximum atomic E-state index is 9.51. The number of phenolic OH excluding ortho intramolecular Hbond substituents is 2. The van der Waals surface area contributed by atoms with E-state index >= 15 is 0 Å². The van der Waals surface area contributed by atoms with E-state index in [1.165, 1.54) is 6.07 Å². The number of hydrogen-bond donors (Lipinski definition) is 3. The normalized spacial score (nSPS) is 16.8. The van der Waals surface area contributed by atoms with E-state index < -0.39 is 0 Å². The van der Waals surface area contributed by atoms with E-state index in [-0.39, 0.29) is 42.4 Å². The quantitative estimate of drug-likeness (QED) is 0.748. The highest BCUT2D eigenvalue weighted by Crippen LogP contribution is 2.29. The molecule has 0 spiro atoms. The molecule has 19 heavy (non-hydrogen) atoms. The number of nitrogens with one attached hydrogen (secondary N) is 1. The maximum absolute atomic E-state index is 9.51. The van der Waals surface area contributed by atoms with Crippen LogP contribution in [0.2, 0.25) is 0 Å². The molecule has 0 aromatic heterocycles. The number of hydrogen-bond acceptors (Lipinski definition) is 4. The van der Waals surface area contributed by atoms with Gasteiger partial charge in [-0.3, -0.25) is 4.90 Å². The van der Waals surface area contributed by atoms with Crippen molar-refractivity contribution < 1.29 is 10.2 Å². The third kappa shape index (κ3) is 4.58. The van der Waals surface area contributed by atoms with E-state index in [2.05, 4.69) is 16.8 Å². The zero-order valence-electron chi connectivity index (χ0n) is 10.6. The van der Waals surface area contributed by atoms with Crippen molar-refractivity contribution in [2.75, 3.05) is 26.2 Å². The molecular formula is C13H20Cl2N2O2. The number of phenols is 2. The molecule has 4 nitrogen and oxygen atoms in total. The first-order valence-corrected chi connectivity index (χ1v) is 5.81. The molecule has 0 bridgehead atoms. The van der Waals surface area contributed by atoms with Crippen molar-refractivity contribution in [2.45, 2.75) is 6.04 Å². The predicted octanol–water partition coefficient (Wildman–Crippen LogP) is 2.07. The molecule has 0 amide bonds. The number of nitrogens with zero attached hydrogens (tertiary/aromatic N) is 1. The van der Waals surface area contributed by atoms with E-state index in [1.807, 2.05) is 6.08 Å². The van der Waals surface area contributed by atoms with Crippen molar-refractivity contribution in [3.63, 3.8) is 0 Å². The average Bonchev–Trinajstić information content (AvgIpc) is 2.30. The summed E-state index contributed by atoms with van der Waals surface area (Å²) in [6, 6.07) is 4.72. The molecule has 1 aliphatic rings. The van der Waals surface area contributed by atoms with Crippen LogP contribution in [-0.2, 0) is 0 Å². The number of rotatable bonds is 3. The Bertz CT molecular complexity index is 389. The van der Waals surface area contributed by atoms with Crippen molar-refractivity contribution in [3.8, 4) is 11.5 Å². The molecule has 1 atom stereocenters. The highest BCUT2D eigenvalue weighted by Gasteiger charge is 2.20. The molecule has 0 unspecified atom stereocenters.